The molecule has 0 aliphatic carbocycles. The van der Waals surface area contributed by atoms with Crippen LogP contribution < -0.4 is 4.57 Å². The first-order chi connectivity index (χ1) is 15.3. The zero-order valence-corrected chi connectivity index (χ0v) is 15.1. The normalized spacial score (nSPS) is 13.9. The molecule has 130 valence electrons. The molecule has 0 aliphatic rings. The Hall–Kier alpha value is -3.39. The van der Waals surface area contributed by atoms with Crippen molar-refractivity contribution in [2.45, 2.75) is 6.92 Å². The molecule has 0 bridgehead atoms. The summed E-state index contributed by atoms with van der Waals surface area (Å²) >= 11 is 0. The van der Waals surface area contributed by atoms with E-state index in [0.29, 0.717) is 11.1 Å². The highest BCUT2D eigenvalue weighted by molar-refractivity contribution is 6.10. The van der Waals surface area contributed by atoms with Gasteiger partial charge >= 0.3 is 0 Å². The largest absolute Gasteiger partial charge is 0.455 e. The molecule has 0 spiro atoms. The van der Waals surface area contributed by atoms with Crippen LogP contribution in [-0.2, 0) is 7.05 Å². The molecule has 2 aromatic heterocycles. The lowest BCUT2D eigenvalue weighted by Crippen LogP contribution is -2.30. The van der Waals surface area contributed by atoms with Crippen LogP contribution in [-0.4, -0.2) is 0 Å². The van der Waals surface area contributed by atoms with Crippen LogP contribution in [0.5, 0.6) is 0 Å². The fourth-order valence-electron chi connectivity index (χ4n) is 3.59. The van der Waals surface area contributed by atoms with Crippen LogP contribution >= 0.6 is 0 Å². The fraction of sp³-hybridized carbons (Fsp3) is 0.0800. The zero-order valence-electron chi connectivity index (χ0n) is 20.1. The molecule has 5 aromatic rings. The molecule has 0 fully saturated rings. The van der Waals surface area contributed by atoms with Crippen LogP contribution in [0, 0.1) is 6.92 Å². The minimum Gasteiger partial charge on any atom is -0.455 e. The maximum Gasteiger partial charge on any atom is 0.216 e. The summed E-state index contributed by atoms with van der Waals surface area (Å²) in [5.74, 6) is 0. The molecular weight excluding hydrogens is 330 g/mol. The molecule has 0 saturated heterocycles. The number of fused-ring (bicyclic) bond motifs is 3. The number of aromatic nitrogens is 1. The van der Waals surface area contributed by atoms with Crippen molar-refractivity contribution in [1.82, 2.24) is 0 Å². The first-order valence-corrected chi connectivity index (χ1v) is 8.77. The van der Waals surface area contributed by atoms with Crippen LogP contribution in [0.15, 0.2) is 89.4 Å². The third kappa shape index (κ3) is 2.53. The third-order valence-corrected chi connectivity index (χ3v) is 4.95. The van der Waals surface area contributed by atoms with Gasteiger partial charge in [0.2, 0.25) is 5.69 Å². The van der Waals surface area contributed by atoms with Gasteiger partial charge in [0.1, 0.15) is 18.2 Å². The first kappa shape index (κ1) is 11.3. The standard InChI is InChI=1S/C25H20NO/c1-17-11-13-21-20-14-12-19(18-8-4-3-5-9-18)16-23(20)27-25(21)24(17)22-10-6-7-15-26(22)2/h3-16H,1-2H3/q+1/i3D,4D,5D,8D,9D. The van der Waals surface area contributed by atoms with Crippen LogP contribution in [0.4, 0.5) is 0 Å². The Bertz CT molecular complexity index is 1530. The Morgan fingerprint density at radius 1 is 0.889 bits per heavy atom. The lowest BCUT2D eigenvalue weighted by molar-refractivity contribution is -0.660. The van der Waals surface area contributed by atoms with Gasteiger partial charge in [-0.15, -0.1) is 0 Å². The van der Waals surface area contributed by atoms with Crippen molar-refractivity contribution < 1.29 is 15.8 Å². The van der Waals surface area contributed by atoms with Gasteiger partial charge in [-0.05, 0) is 41.8 Å². The van der Waals surface area contributed by atoms with Crippen molar-refractivity contribution >= 4 is 21.9 Å². The fourth-order valence-corrected chi connectivity index (χ4v) is 3.59. The molecule has 2 heteroatoms. The van der Waals surface area contributed by atoms with Gasteiger partial charge in [0.25, 0.3) is 0 Å². The van der Waals surface area contributed by atoms with Crippen LogP contribution in [0.2, 0.25) is 0 Å². The predicted molar refractivity (Wildman–Crippen MR) is 111 cm³/mol. The topological polar surface area (TPSA) is 17.0 Å². The van der Waals surface area contributed by atoms with Crippen LogP contribution in [0.3, 0.4) is 0 Å². The lowest BCUT2D eigenvalue weighted by Gasteiger charge is -2.04. The molecule has 0 aliphatic heterocycles. The minimum absolute atomic E-state index is 0.171. The molecule has 2 nitrogen and oxygen atoms in total. The minimum atomic E-state index is -0.399. The van der Waals surface area contributed by atoms with Crippen molar-refractivity contribution in [3.63, 3.8) is 0 Å². The molecule has 3 aromatic carbocycles. The van der Waals surface area contributed by atoms with Gasteiger partial charge in [-0.2, -0.15) is 0 Å². The molecule has 0 unspecified atom stereocenters. The second kappa shape index (κ2) is 6.10. The maximum atomic E-state index is 8.28. The van der Waals surface area contributed by atoms with E-state index < -0.39 is 6.04 Å². The van der Waals surface area contributed by atoms with E-state index in [-0.39, 0.29) is 29.7 Å². The van der Waals surface area contributed by atoms with E-state index in [1.165, 1.54) is 0 Å². The number of furan rings is 1. The summed E-state index contributed by atoms with van der Waals surface area (Å²) in [6.45, 7) is 2.05. The van der Waals surface area contributed by atoms with E-state index in [1.807, 2.05) is 55.1 Å². The highest BCUT2D eigenvalue weighted by Gasteiger charge is 2.20. The maximum absolute atomic E-state index is 8.28. The van der Waals surface area contributed by atoms with Gasteiger partial charge in [0.05, 0.1) is 12.4 Å². The number of hydrogen-bond donors (Lipinski definition) is 0. The van der Waals surface area contributed by atoms with Crippen molar-refractivity contribution in [1.29, 1.82) is 0 Å². The summed E-state index contributed by atoms with van der Waals surface area (Å²) in [5.41, 5.74) is 5.19. The number of benzene rings is 3. The van der Waals surface area contributed by atoms with E-state index in [1.54, 1.807) is 12.1 Å². The molecule has 0 radical (unpaired) electrons. The molecule has 0 amide bonds. The SMILES string of the molecule is [2H]c1c([2H])c([2H])c(-c2ccc3c(c2)oc2c(-c4cccc[n+]4C)c(C)ccc23)c([2H])c1[2H]. The summed E-state index contributed by atoms with van der Waals surface area (Å²) in [6.07, 6.45) is 1.99. The second-order valence-corrected chi connectivity index (χ2v) is 6.64. The monoisotopic (exact) mass is 355 g/mol. The van der Waals surface area contributed by atoms with Gasteiger partial charge in [-0.1, -0.05) is 48.4 Å². The average Bonchev–Trinajstić information content (AvgIpc) is 3.15. The predicted octanol–water partition coefficient (Wildman–Crippen LogP) is 6.05. The summed E-state index contributed by atoms with van der Waals surface area (Å²) in [4.78, 5) is 0. The van der Waals surface area contributed by atoms with Crippen LogP contribution in [0.25, 0.3) is 44.3 Å². The molecule has 0 atom stereocenters. The Morgan fingerprint density at radius 2 is 1.70 bits per heavy atom. The highest BCUT2D eigenvalue weighted by Crippen LogP contribution is 2.38. The number of rotatable bonds is 2. The Kier molecular flexibility index (Phi) is 2.56. The molecule has 0 N–H and O–H groups in total. The summed E-state index contributed by atoms with van der Waals surface area (Å²) in [7, 11) is 1.99. The molecular formula is C25H20NO+. The third-order valence-electron chi connectivity index (χ3n) is 4.95. The smallest absolute Gasteiger partial charge is 0.216 e. The van der Waals surface area contributed by atoms with Crippen molar-refractivity contribution in [2.75, 3.05) is 0 Å². The Labute approximate surface area is 165 Å². The quantitative estimate of drug-likeness (QED) is 0.352. The van der Waals surface area contributed by atoms with Gasteiger partial charge < -0.3 is 4.42 Å². The van der Waals surface area contributed by atoms with Crippen LogP contribution in [0.1, 0.15) is 12.4 Å². The van der Waals surface area contributed by atoms with Gasteiger partial charge in [-0.3, -0.25) is 0 Å². The second-order valence-electron chi connectivity index (χ2n) is 6.64. The van der Waals surface area contributed by atoms with E-state index in [2.05, 4.69) is 6.07 Å². The highest BCUT2D eigenvalue weighted by atomic mass is 16.3. The van der Waals surface area contributed by atoms with E-state index in [9.17, 15) is 0 Å². The van der Waals surface area contributed by atoms with Gasteiger partial charge in [0, 0.05) is 22.9 Å². The summed E-state index contributed by atoms with van der Waals surface area (Å²) < 4.78 is 48.7. The van der Waals surface area contributed by atoms with E-state index in [4.69, 9.17) is 11.3 Å². The molecule has 0 saturated carbocycles. The molecule has 5 rings (SSSR count). The number of hydrogen-bond acceptors (Lipinski definition) is 1. The Balaban J connectivity index is 1.80. The van der Waals surface area contributed by atoms with Crippen molar-refractivity contribution in [2.24, 2.45) is 7.05 Å². The van der Waals surface area contributed by atoms with E-state index in [0.717, 1.165) is 33.2 Å². The summed E-state index contributed by atoms with van der Waals surface area (Å²) in [6, 6.07) is 14.0. The number of pyridine rings is 1. The van der Waals surface area contributed by atoms with Gasteiger partial charge in [0.15, 0.2) is 6.20 Å². The number of nitrogens with zero attached hydrogens (tertiary/aromatic N) is 1. The van der Waals surface area contributed by atoms with Gasteiger partial charge in [-0.25, -0.2) is 4.57 Å². The first-order valence-electron chi connectivity index (χ1n) is 11.3. The number of aryl methyl sites for hydroxylation is 2. The lowest BCUT2D eigenvalue weighted by atomic mass is 9.99. The zero-order chi connectivity index (χ0) is 22.7. The molecule has 27 heavy (non-hydrogen) atoms. The Morgan fingerprint density at radius 3 is 2.52 bits per heavy atom. The molecule has 2 heterocycles. The van der Waals surface area contributed by atoms with Crippen molar-refractivity contribution in [3.05, 3.63) is 90.5 Å². The summed E-state index contributed by atoms with van der Waals surface area (Å²) in [5, 5.41) is 1.88. The van der Waals surface area contributed by atoms with Crippen molar-refractivity contribution in [3.8, 4) is 22.4 Å². The average molecular weight is 355 g/mol. The van der Waals surface area contributed by atoms with E-state index >= 15 is 0 Å².